The first kappa shape index (κ1) is 13.8. The van der Waals surface area contributed by atoms with E-state index in [0.717, 1.165) is 42.9 Å². The molecule has 1 fully saturated rings. The van der Waals surface area contributed by atoms with Gasteiger partial charge in [-0.15, -0.1) is 11.3 Å². The van der Waals surface area contributed by atoms with E-state index in [1.807, 2.05) is 6.20 Å². The fourth-order valence-corrected chi connectivity index (χ4v) is 3.86. The number of benzene rings is 1. The lowest BCUT2D eigenvalue weighted by Crippen LogP contribution is -2.42. The Balaban J connectivity index is 1.60. The minimum Gasteiger partial charge on any atom is -0.314 e. The molecule has 3 aromatic rings. The largest absolute Gasteiger partial charge is 0.314 e. The summed E-state index contributed by atoms with van der Waals surface area (Å²) in [7, 11) is 0. The second-order valence-corrected chi connectivity index (χ2v) is 6.69. The summed E-state index contributed by atoms with van der Waals surface area (Å²) in [6.07, 6.45) is 3.50. The number of nitrogens with one attached hydrogen (secondary N) is 1. The lowest BCUT2D eigenvalue weighted by atomic mass is 10.1. The highest BCUT2D eigenvalue weighted by Gasteiger charge is 2.11. The summed E-state index contributed by atoms with van der Waals surface area (Å²) in [4.78, 5) is 12.2. The van der Waals surface area contributed by atoms with Crippen molar-refractivity contribution in [2.75, 3.05) is 26.2 Å². The minimum absolute atomic E-state index is 1.03. The Morgan fingerprint density at radius 3 is 2.95 bits per heavy atom. The van der Waals surface area contributed by atoms with Gasteiger partial charge in [0.15, 0.2) is 0 Å². The maximum Gasteiger partial charge on any atom is 0.116 e. The molecule has 0 radical (unpaired) electrons. The first-order valence-electron chi connectivity index (χ1n) is 7.60. The van der Waals surface area contributed by atoms with Crippen LogP contribution >= 0.6 is 11.3 Å². The second-order valence-electron chi connectivity index (χ2n) is 5.61. The van der Waals surface area contributed by atoms with Gasteiger partial charge in [-0.25, -0.2) is 9.97 Å². The van der Waals surface area contributed by atoms with Crippen molar-refractivity contribution in [2.24, 2.45) is 0 Å². The summed E-state index contributed by atoms with van der Waals surface area (Å²) in [5.41, 5.74) is 3.68. The van der Waals surface area contributed by atoms with Crippen molar-refractivity contribution in [1.82, 2.24) is 20.2 Å². The van der Waals surface area contributed by atoms with Crippen molar-refractivity contribution >= 4 is 21.6 Å². The van der Waals surface area contributed by atoms with Gasteiger partial charge in [-0.3, -0.25) is 4.90 Å². The molecular formula is C17H18N4S. The first-order valence-corrected chi connectivity index (χ1v) is 8.42. The topological polar surface area (TPSA) is 41.0 Å². The molecule has 5 heteroatoms. The predicted molar refractivity (Wildman–Crippen MR) is 91.0 cm³/mol. The summed E-state index contributed by atoms with van der Waals surface area (Å²) in [6, 6.07) is 11.0. The van der Waals surface area contributed by atoms with Crippen LogP contribution in [0.2, 0.25) is 0 Å². The van der Waals surface area contributed by atoms with Crippen LogP contribution in [0.4, 0.5) is 0 Å². The lowest BCUT2D eigenvalue weighted by Gasteiger charge is -2.27. The van der Waals surface area contributed by atoms with Gasteiger partial charge in [0.1, 0.15) is 6.33 Å². The molecule has 1 aromatic carbocycles. The van der Waals surface area contributed by atoms with Gasteiger partial charge in [0.2, 0.25) is 0 Å². The van der Waals surface area contributed by atoms with Crippen LogP contribution in [-0.4, -0.2) is 41.0 Å². The van der Waals surface area contributed by atoms with Gasteiger partial charge in [0.05, 0.1) is 10.2 Å². The molecule has 0 amide bonds. The van der Waals surface area contributed by atoms with Gasteiger partial charge in [0, 0.05) is 43.8 Å². The van der Waals surface area contributed by atoms with Gasteiger partial charge in [-0.05, 0) is 23.3 Å². The molecule has 0 bridgehead atoms. The average molecular weight is 310 g/mol. The summed E-state index contributed by atoms with van der Waals surface area (Å²) in [5.74, 6) is 0. The molecule has 1 aliphatic rings. The number of piperazine rings is 1. The van der Waals surface area contributed by atoms with Crippen molar-refractivity contribution in [3.63, 3.8) is 0 Å². The molecule has 1 aliphatic heterocycles. The number of fused-ring (bicyclic) bond motifs is 1. The molecule has 0 atom stereocenters. The Bertz CT molecular complexity index is 744. The van der Waals surface area contributed by atoms with Crippen LogP contribution < -0.4 is 5.32 Å². The van der Waals surface area contributed by atoms with Crippen molar-refractivity contribution < 1.29 is 0 Å². The molecule has 0 spiro atoms. The monoisotopic (exact) mass is 310 g/mol. The third-order valence-corrected chi connectivity index (χ3v) is 5.13. The zero-order valence-electron chi connectivity index (χ0n) is 12.3. The SMILES string of the molecule is c1cc(CN2CCNCC2)cc(-c2cc3ncncc3s2)c1. The van der Waals surface area contributed by atoms with E-state index in [4.69, 9.17) is 0 Å². The van der Waals surface area contributed by atoms with Crippen LogP contribution in [0.25, 0.3) is 20.7 Å². The van der Waals surface area contributed by atoms with Gasteiger partial charge < -0.3 is 5.32 Å². The number of thiophene rings is 1. The molecule has 1 saturated heterocycles. The fourth-order valence-electron chi connectivity index (χ4n) is 2.88. The summed E-state index contributed by atoms with van der Waals surface area (Å²) in [5, 5.41) is 3.40. The molecule has 22 heavy (non-hydrogen) atoms. The zero-order chi connectivity index (χ0) is 14.8. The molecule has 3 heterocycles. The Morgan fingerprint density at radius 1 is 1.18 bits per heavy atom. The Hall–Kier alpha value is -1.82. The quantitative estimate of drug-likeness (QED) is 0.807. The number of rotatable bonds is 3. The molecule has 0 unspecified atom stereocenters. The molecule has 0 saturated carbocycles. The van der Waals surface area contributed by atoms with E-state index >= 15 is 0 Å². The van der Waals surface area contributed by atoms with Gasteiger partial charge >= 0.3 is 0 Å². The molecule has 1 N–H and O–H groups in total. The molecule has 2 aromatic heterocycles. The van der Waals surface area contributed by atoms with Gasteiger partial charge in [-0.2, -0.15) is 0 Å². The molecule has 4 rings (SSSR count). The Kier molecular flexibility index (Phi) is 3.84. The number of aromatic nitrogens is 2. The maximum atomic E-state index is 4.33. The molecule has 4 nitrogen and oxygen atoms in total. The van der Waals surface area contributed by atoms with Crippen molar-refractivity contribution in [3.05, 3.63) is 48.4 Å². The van der Waals surface area contributed by atoms with Crippen molar-refractivity contribution in [3.8, 4) is 10.4 Å². The highest BCUT2D eigenvalue weighted by molar-refractivity contribution is 7.22. The summed E-state index contributed by atoms with van der Waals surface area (Å²) in [6.45, 7) is 5.47. The van der Waals surface area contributed by atoms with Crippen LogP contribution in [-0.2, 0) is 6.54 Å². The average Bonchev–Trinajstić information content (AvgIpc) is 3.00. The lowest BCUT2D eigenvalue weighted by molar-refractivity contribution is 0.233. The van der Waals surface area contributed by atoms with E-state index in [1.165, 1.54) is 16.0 Å². The number of hydrogen-bond acceptors (Lipinski definition) is 5. The minimum atomic E-state index is 1.03. The maximum absolute atomic E-state index is 4.33. The van der Waals surface area contributed by atoms with Crippen molar-refractivity contribution in [1.29, 1.82) is 0 Å². The van der Waals surface area contributed by atoms with E-state index < -0.39 is 0 Å². The smallest absolute Gasteiger partial charge is 0.116 e. The van der Waals surface area contributed by atoms with Crippen LogP contribution in [0.1, 0.15) is 5.56 Å². The van der Waals surface area contributed by atoms with E-state index in [2.05, 4.69) is 50.5 Å². The summed E-state index contributed by atoms with van der Waals surface area (Å²) < 4.78 is 1.14. The Morgan fingerprint density at radius 2 is 2.09 bits per heavy atom. The molecule has 112 valence electrons. The normalized spacial score (nSPS) is 16.2. The van der Waals surface area contributed by atoms with Gasteiger partial charge in [0.25, 0.3) is 0 Å². The highest BCUT2D eigenvalue weighted by Crippen LogP contribution is 2.32. The van der Waals surface area contributed by atoms with E-state index in [9.17, 15) is 0 Å². The molecular weight excluding hydrogens is 292 g/mol. The number of nitrogens with zero attached hydrogens (tertiary/aromatic N) is 3. The van der Waals surface area contributed by atoms with E-state index in [1.54, 1.807) is 17.7 Å². The summed E-state index contributed by atoms with van der Waals surface area (Å²) >= 11 is 1.76. The first-order chi connectivity index (χ1) is 10.9. The highest BCUT2D eigenvalue weighted by atomic mass is 32.1. The van der Waals surface area contributed by atoms with E-state index in [-0.39, 0.29) is 0 Å². The predicted octanol–water partition coefficient (Wildman–Crippen LogP) is 2.76. The molecule has 0 aliphatic carbocycles. The zero-order valence-corrected chi connectivity index (χ0v) is 13.1. The fraction of sp³-hybridized carbons (Fsp3) is 0.294. The number of hydrogen-bond donors (Lipinski definition) is 1. The van der Waals surface area contributed by atoms with Crippen molar-refractivity contribution in [2.45, 2.75) is 6.54 Å². The van der Waals surface area contributed by atoms with Crippen LogP contribution in [0.5, 0.6) is 0 Å². The standard InChI is InChI=1S/C17H18N4S/c1-2-13(11-21-6-4-18-5-7-21)8-14(3-1)16-9-15-17(22-16)10-19-12-20-15/h1-3,8-10,12,18H,4-7,11H2. The second kappa shape index (κ2) is 6.12. The third kappa shape index (κ3) is 2.88. The van der Waals surface area contributed by atoms with Crippen LogP contribution in [0.15, 0.2) is 42.9 Å². The van der Waals surface area contributed by atoms with Crippen LogP contribution in [0, 0.1) is 0 Å². The Labute approximate surface area is 133 Å². The third-order valence-electron chi connectivity index (χ3n) is 4.02. The van der Waals surface area contributed by atoms with Gasteiger partial charge in [-0.1, -0.05) is 18.2 Å². The van der Waals surface area contributed by atoms with E-state index in [0.29, 0.717) is 0 Å². The van der Waals surface area contributed by atoms with Crippen LogP contribution in [0.3, 0.4) is 0 Å².